The van der Waals surface area contributed by atoms with Gasteiger partial charge in [-0.15, -0.1) is 0 Å². The number of carbonyl (C=O) groups excluding carboxylic acids is 10. The van der Waals surface area contributed by atoms with Gasteiger partial charge in [-0.25, -0.2) is 0 Å². The maximum Gasteiger partial charge on any atom is 0.325 e. The van der Waals surface area contributed by atoms with E-state index in [0.29, 0.717) is 54.1 Å². The van der Waals surface area contributed by atoms with Crippen LogP contribution in [0.3, 0.4) is 0 Å². The molecule has 0 spiro atoms. The standard InChI is InChI=1S/C79H100N14O14/c1-49(78(106)107)84-76(104)68-32-19-41-93(68)77(105)61(30-16-17-39-82-58-28-14-15-29-58)87-72(100)63(43-51-20-6-3-7-21-51)88-69(97)60(31-18-40-83-79(80)81)86-71(99)66(46-54-34-37-59(96)38-35-54)91-75(103)67(48-94)92-74(102)65(45-53-24-10-5-11-25-53)90-73(101)64(44-52-22-8-4-9-23-52)89-70(98)62(85-50(2)95)47-55-33-36-56-26-12-13-27-57(56)42-55/h3-13,20-27,33-38,42,49,58,60-68,82,94,96H,14-19,28-32,39-41,43-48H2,1-2H3,(H,84,104)(H,85,95)(H,86,99)(H,87,100)(H,88,97)(H,89,98)(H,90,101)(H,91,103)(H,92,102)(H,106,107)(H4,80,81,83)/t49-,60-,61+,62-,63+,64-,65-,66+,67+,68-/m1/s1. The Labute approximate surface area is 622 Å². The lowest BCUT2D eigenvalue weighted by Crippen LogP contribution is -2.61. The lowest BCUT2D eigenvalue weighted by molar-refractivity contribution is -0.144. The fourth-order valence-electron chi connectivity index (χ4n) is 13.2. The van der Waals surface area contributed by atoms with Gasteiger partial charge in [0.15, 0.2) is 5.96 Å². The molecule has 1 aliphatic heterocycles. The second-order valence-electron chi connectivity index (χ2n) is 27.3. The summed E-state index contributed by atoms with van der Waals surface area (Å²) >= 11 is 0. The summed E-state index contributed by atoms with van der Waals surface area (Å²) in [7, 11) is 0. The quantitative estimate of drug-likeness (QED) is 0.0149. The van der Waals surface area contributed by atoms with E-state index in [4.69, 9.17) is 11.5 Å². The molecular formula is C79H100N14O14. The summed E-state index contributed by atoms with van der Waals surface area (Å²) < 4.78 is 0. The molecule has 1 aliphatic carbocycles. The zero-order chi connectivity index (χ0) is 76.8. The normalized spacial score (nSPS) is 16.0. The number of phenolic OH excluding ortho intramolecular Hbond substituents is 1. The van der Waals surface area contributed by atoms with Gasteiger partial charge in [-0.1, -0.05) is 158 Å². The number of benzene rings is 6. The zero-order valence-electron chi connectivity index (χ0n) is 60.4. The lowest BCUT2D eigenvalue weighted by atomic mass is 9.99. The molecule has 10 atom stereocenters. The fourth-order valence-corrected chi connectivity index (χ4v) is 13.2. The van der Waals surface area contributed by atoms with Gasteiger partial charge in [-0.3, -0.25) is 57.7 Å². The summed E-state index contributed by atoms with van der Waals surface area (Å²) in [6.07, 6.45) is 5.59. The Morgan fingerprint density at radius 2 is 0.888 bits per heavy atom. The number of nitrogens with one attached hydrogen (secondary N) is 10. The first-order valence-corrected chi connectivity index (χ1v) is 36.5. The third kappa shape index (κ3) is 26.1. The summed E-state index contributed by atoms with van der Waals surface area (Å²) in [4.78, 5) is 162. The van der Waals surface area contributed by atoms with Gasteiger partial charge in [0.1, 0.15) is 66.2 Å². The van der Waals surface area contributed by atoms with Crippen molar-refractivity contribution in [2.24, 2.45) is 16.5 Å². The number of unbranched alkanes of at least 4 members (excludes halogenated alkanes) is 1. The number of aliphatic hydroxyl groups is 1. The molecule has 107 heavy (non-hydrogen) atoms. The monoisotopic (exact) mass is 1470 g/mol. The van der Waals surface area contributed by atoms with Crippen LogP contribution in [0.25, 0.3) is 10.8 Å². The van der Waals surface area contributed by atoms with Crippen LogP contribution in [0, 0.1) is 0 Å². The van der Waals surface area contributed by atoms with Crippen molar-refractivity contribution < 1.29 is 68.1 Å². The minimum atomic E-state index is -1.81. The van der Waals surface area contributed by atoms with E-state index in [-0.39, 0.29) is 82.6 Å². The van der Waals surface area contributed by atoms with Crippen LogP contribution >= 0.6 is 0 Å². The molecule has 2 fully saturated rings. The van der Waals surface area contributed by atoms with Gasteiger partial charge in [0.2, 0.25) is 59.1 Å². The number of carboxylic acids is 1. The second-order valence-corrected chi connectivity index (χ2v) is 27.3. The molecule has 1 heterocycles. The number of fused-ring (bicyclic) bond motifs is 1. The van der Waals surface area contributed by atoms with Gasteiger partial charge in [0.25, 0.3) is 0 Å². The highest BCUT2D eigenvalue weighted by Crippen LogP contribution is 2.23. The topological polar surface area (TPSA) is 436 Å². The van der Waals surface area contributed by atoms with Crippen LogP contribution in [0.1, 0.15) is 112 Å². The lowest BCUT2D eigenvalue weighted by Gasteiger charge is -2.31. The molecule has 570 valence electrons. The number of aliphatic imine (C=N–C) groups is 1. The first kappa shape index (κ1) is 81.4. The van der Waals surface area contributed by atoms with E-state index >= 15 is 14.4 Å². The smallest absolute Gasteiger partial charge is 0.325 e. The van der Waals surface area contributed by atoms with Crippen LogP contribution in [0.5, 0.6) is 5.75 Å². The Balaban J connectivity index is 1.03. The number of carbonyl (C=O) groups is 11. The van der Waals surface area contributed by atoms with Crippen LogP contribution in [0.2, 0.25) is 0 Å². The number of guanidine groups is 1. The first-order chi connectivity index (χ1) is 51.5. The number of nitrogens with two attached hydrogens (primary N) is 2. The minimum absolute atomic E-state index is 0.0218. The van der Waals surface area contributed by atoms with Gasteiger partial charge in [-0.05, 0) is 122 Å². The summed E-state index contributed by atoms with van der Waals surface area (Å²) in [5.74, 6) is -9.57. The molecule has 1 saturated carbocycles. The largest absolute Gasteiger partial charge is 0.508 e. The van der Waals surface area contributed by atoms with Crippen molar-refractivity contribution in [1.82, 2.24) is 58.1 Å². The molecule has 28 nitrogen and oxygen atoms in total. The third-order valence-electron chi connectivity index (χ3n) is 19.0. The fraction of sp³-hybridized carbons (Fsp3) is 0.418. The number of carboxylic acid groups (broad SMARTS) is 1. The molecule has 2 aliphatic rings. The zero-order valence-corrected chi connectivity index (χ0v) is 60.4. The van der Waals surface area contributed by atoms with Crippen LogP contribution in [-0.2, 0) is 84.8 Å². The van der Waals surface area contributed by atoms with Crippen LogP contribution < -0.4 is 64.6 Å². The van der Waals surface area contributed by atoms with Gasteiger partial charge in [0, 0.05) is 58.2 Å². The van der Waals surface area contributed by atoms with Gasteiger partial charge in [-0.2, -0.15) is 0 Å². The van der Waals surface area contributed by atoms with Crippen molar-refractivity contribution in [2.75, 3.05) is 26.2 Å². The van der Waals surface area contributed by atoms with Gasteiger partial charge < -0.3 is 84.9 Å². The van der Waals surface area contributed by atoms with Crippen LogP contribution in [-0.4, -0.2) is 184 Å². The van der Waals surface area contributed by atoms with E-state index in [1.807, 2.05) is 42.5 Å². The summed E-state index contributed by atoms with van der Waals surface area (Å²) in [6.45, 7) is 2.32. The summed E-state index contributed by atoms with van der Waals surface area (Å²) in [5, 5.41) is 60.7. The van der Waals surface area contributed by atoms with E-state index in [0.717, 1.165) is 42.0 Å². The predicted molar refractivity (Wildman–Crippen MR) is 402 cm³/mol. The number of aromatic hydroxyl groups is 1. The molecule has 17 N–H and O–H groups in total. The molecule has 0 bridgehead atoms. The second kappa shape index (κ2) is 41.4. The number of phenols is 1. The van der Waals surface area contributed by atoms with Crippen molar-refractivity contribution >= 4 is 81.8 Å². The van der Waals surface area contributed by atoms with Gasteiger partial charge in [0.05, 0.1) is 6.61 Å². The number of likely N-dealkylation sites (tertiary alicyclic amines) is 1. The van der Waals surface area contributed by atoms with E-state index < -0.39 is 132 Å². The number of aliphatic hydroxyl groups excluding tert-OH is 1. The number of amides is 10. The molecule has 0 aromatic heterocycles. The third-order valence-corrected chi connectivity index (χ3v) is 19.0. The molecule has 8 rings (SSSR count). The number of hydrogen-bond donors (Lipinski definition) is 15. The Bertz CT molecular complexity index is 4010. The molecular weight excluding hydrogens is 1370 g/mol. The van der Waals surface area contributed by atoms with E-state index in [1.54, 1.807) is 91.0 Å². The average Bonchev–Trinajstić information content (AvgIpc) is 1.80. The molecule has 0 radical (unpaired) electrons. The van der Waals surface area contributed by atoms with E-state index in [9.17, 15) is 53.7 Å². The van der Waals surface area contributed by atoms with Crippen molar-refractivity contribution in [2.45, 2.75) is 183 Å². The van der Waals surface area contributed by atoms with Crippen molar-refractivity contribution in [3.8, 4) is 5.75 Å². The van der Waals surface area contributed by atoms with Crippen molar-refractivity contribution in [3.05, 3.63) is 186 Å². The summed E-state index contributed by atoms with van der Waals surface area (Å²) in [5.41, 5.74) is 14.3. The van der Waals surface area contributed by atoms with Crippen molar-refractivity contribution in [1.29, 1.82) is 0 Å². The highest BCUT2D eigenvalue weighted by atomic mass is 16.4. The Hall–Kier alpha value is -11.3. The minimum Gasteiger partial charge on any atom is -0.508 e. The predicted octanol–water partition coefficient (Wildman–Crippen LogP) is 2.29. The highest BCUT2D eigenvalue weighted by molar-refractivity contribution is 5.99. The molecule has 10 amide bonds. The molecule has 6 aromatic rings. The van der Waals surface area contributed by atoms with E-state index in [2.05, 4.69) is 58.2 Å². The highest BCUT2D eigenvalue weighted by Gasteiger charge is 2.40. The van der Waals surface area contributed by atoms with Crippen LogP contribution in [0.15, 0.2) is 163 Å². The maximum atomic E-state index is 15.1. The Morgan fingerprint density at radius 1 is 0.467 bits per heavy atom. The number of hydrogen-bond acceptors (Lipinski definition) is 15. The Morgan fingerprint density at radius 3 is 1.38 bits per heavy atom. The number of aliphatic carboxylic acids is 1. The average molecular weight is 1470 g/mol. The van der Waals surface area contributed by atoms with E-state index in [1.165, 1.54) is 43.0 Å². The molecule has 1 saturated heterocycles. The summed E-state index contributed by atoms with van der Waals surface area (Å²) in [6, 6.07) is 31.6. The maximum absolute atomic E-state index is 15.1. The Kier molecular flexibility index (Phi) is 31.5. The van der Waals surface area contributed by atoms with Crippen LogP contribution in [0.4, 0.5) is 0 Å². The molecule has 6 aromatic carbocycles. The SMILES string of the molecule is CC(=O)N[C@H](Cc1ccc2ccccc2c1)C(=O)N[C@H](Cc1ccccc1)C(=O)N[C@H](Cc1ccccc1)C(=O)N[C@@H](CO)C(=O)N[C@@H](Cc1ccc(O)cc1)C(=O)N[C@H](CCCN=C(N)N)C(=O)N[C@@H](Cc1ccccc1)C(=O)N[C@@H](CCCCNC1CCCC1)C(=O)N1CCC[C@@H]1C(=O)N[C@H](C)C(=O)O. The molecule has 28 heteroatoms. The first-order valence-electron chi connectivity index (χ1n) is 36.5. The molecule has 0 unspecified atom stereocenters. The van der Waals surface area contributed by atoms with Crippen molar-refractivity contribution in [3.63, 3.8) is 0 Å². The van der Waals surface area contributed by atoms with Gasteiger partial charge >= 0.3 is 5.97 Å². The number of rotatable bonds is 40. The number of nitrogens with zero attached hydrogens (tertiary/aromatic N) is 2.